The SMILES string of the molecule is [CH2]c1cc(Cl)c(O)c(OC)c1. The van der Waals surface area contributed by atoms with E-state index in [9.17, 15) is 5.11 Å². The van der Waals surface area contributed by atoms with Crippen LogP contribution >= 0.6 is 11.6 Å². The van der Waals surface area contributed by atoms with Crippen molar-refractivity contribution in [1.82, 2.24) is 0 Å². The van der Waals surface area contributed by atoms with Crippen LogP contribution < -0.4 is 4.74 Å². The molecule has 0 saturated heterocycles. The van der Waals surface area contributed by atoms with Crippen LogP contribution in [0, 0.1) is 6.92 Å². The van der Waals surface area contributed by atoms with Crippen LogP contribution in [0.2, 0.25) is 5.02 Å². The van der Waals surface area contributed by atoms with Crippen LogP contribution in [0.4, 0.5) is 0 Å². The number of methoxy groups -OCH3 is 1. The lowest BCUT2D eigenvalue weighted by Gasteiger charge is -2.05. The monoisotopic (exact) mass is 171 g/mol. The molecule has 0 atom stereocenters. The van der Waals surface area contributed by atoms with E-state index >= 15 is 0 Å². The second-order valence-electron chi connectivity index (χ2n) is 2.13. The zero-order valence-corrected chi connectivity index (χ0v) is 6.85. The van der Waals surface area contributed by atoms with Crippen molar-refractivity contribution in [2.24, 2.45) is 0 Å². The molecule has 0 saturated carbocycles. The van der Waals surface area contributed by atoms with Gasteiger partial charge in [0.2, 0.25) is 0 Å². The molecule has 0 spiro atoms. The van der Waals surface area contributed by atoms with Gasteiger partial charge in [0.25, 0.3) is 0 Å². The zero-order chi connectivity index (χ0) is 8.43. The maximum absolute atomic E-state index is 9.24. The summed E-state index contributed by atoms with van der Waals surface area (Å²) in [6.45, 7) is 3.66. The first-order valence-electron chi connectivity index (χ1n) is 3.03. The Morgan fingerprint density at radius 2 is 2.18 bits per heavy atom. The lowest BCUT2D eigenvalue weighted by Crippen LogP contribution is -1.85. The van der Waals surface area contributed by atoms with E-state index < -0.39 is 0 Å². The Hall–Kier alpha value is -0.890. The summed E-state index contributed by atoms with van der Waals surface area (Å²) in [7, 11) is 1.46. The molecular weight excluding hydrogens is 164 g/mol. The number of halogens is 1. The van der Waals surface area contributed by atoms with Crippen LogP contribution in [-0.2, 0) is 0 Å². The van der Waals surface area contributed by atoms with Crippen LogP contribution in [-0.4, -0.2) is 12.2 Å². The molecule has 0 aliphatic carbocycles. The molecule has 1 N–H and O–H groups in total. The first-order valence-corrected chi connectivity index (χ1v) is 3.41. The van der Waals surface area contributed by atoms with Gasteiger partial charge in [-0.15, -0.1) is 0 Å². The van der Waals surface area contributed by atoms with Crippen molar-refractivity contribution >= 4 is 11.6 Å². The van der Waals surface area contributed by atoms with Crippen molar-refractivity contribution in [3.05, 3.63) is 29.6 Å². The number of rotatable bonds is 1. The molecule has 11 heavy (non-hydrogen) atoms. The highest BCUT2D eigenvalue weighted by Crippen LogP contribution is 2.34. The topological polar surface area (TPSA) is 29.5 Å². The summed E-state index contributed by atoms with van der Waals surface area (Å²) in [4.78, 5) is 0. The number of hydrogen-bond acceptors (Lipinski definition) is 2. The van der Waals surface area contributed by atoms with E-state index in [2.05, 4.69) is 6.92 Å². The molecule has 1 aromatic rings. The van der Waals surface area contributed by atoms with Gasteiger partial charge in [0, 0.05) is 0 Å². The van der Waals surface area contributed by atoms with Crippen molar-refractivity contribution in [3.63, 3.8) is 0 Å². The van der Waals surface area contributed by atoms with Crippen molar-refractivity contribution in [1.29, 1.82) is 0 Å². The molecule has 1 rings (SSSR count). The maximum atomic E-state index is 9.24. The van der Waals surface area contributed by atoms with Crippen LogP contribution in [0.1, 0.15) is 5.56 Å². The van der Waals surface area contributed by atoms with Gasteiger partial charge in [-0.05, 0) is 24.6 Å². The van der Waals surface area contributed by atoms with Crippen LogP contribution in [0.5, 0.6) is 11.5 Å². The first-order chi connectivity index (χ1) is 5.15. The summed E-state index contributed by atoms with van der Waals surface area (Å²) in [6.07, 6.45) is 0. The first kappa shape index (κ1) is 8.21. The average Bonchev–Trinajstić information content (AvgIpc) is 1.96. The molecular formula is C8H8ClO2. The van der Waals surface area contributed by atoms with Crippen molar-refractivity contribution in [2.45, 2.75) is 0 Å². The molecule has 0 aliphatic rings. The number of aromatic hydroxyl groups is 1. The molecule has 0 fully saturated rings. The summed E-state index contributed by atoms with van der Waals surface area (Å²) < 4.78 is 4.83. The highest BCUT2D eigenvalue weighted by molar-refractivity contribution is 6.32. The minimum Gasteiger partial charge on any atom is -0.503 e. The Kier molecular flexibility index (Phi) is 2.25. The minimum atomic E-state index is -0.0402. The average molecular weight is 172 g/mol. The third kappa shape index (κ3) is 1.57. The van der Waals surface area contributed by atoms with Gasteiger partial charge in [-0.25, -0.2) is 0 Å². The van der Waals surface area contributed by atoms with Gasteiger partial charge in [-0.3, -0.25) is 0 Å². The summed E-state index contributed by atoms with van der Waals surface area (Å²) >= 11 is 5.63. The maximum Gasteiger partial charge on any atom is 0.176 e. The predicted octanol–water partition coefficient (Wildman–Crippen LogP) is 2.24. The van der Waals surface area contributed by atoms with E-state index in [0.29, 0.717) is 11.3 Å². The second-order valence-corrected chi connectivity index (χ2v) is 2.54. The molecule has 0 heterocycles. The standard InChI is InChI=1S/C8H8ClO2/c1-5-3-6(9)8(10)7(4-5)11-2/h3-4,10H,1H2,2H3. The second kappa shape index (κ2) is 3.01. The zero-order valence-electron chi connectivity index (χ0n) is 6.10. The third-order valence-corrected chi connectivity index (χ3v) is 1.60. The summed E-state index contributed by atoms with van der Waals surface area (Å²) in [5.74, 6) is 0.309. The van der Waals surface area contributed by atoms with Gasteiger partial charge in [-0.1, -0.05) is 11.6 Å². The fourth-order valence-corrected chi connectivity index (χ4v) is 1.02. The molecule has 3 heteroatoms. The fraction of sp³-hybridized carbons (Fsp3) is 0.125. The number of benzene rings is 1. The Balaban J connectivity index is 3.24. The van der Waals surface area contributed by atoms with E-state index in [0.717, 1.165) is 0 Å². The highest BCUT2D eigenvalue weighted by atomic mass is 35.5. The summed E-state index contributed by atoms with van der Waals surface area (Å²) in [5.41, 5.74) is 0.713. The molecule has 0 unspecified atom stereocenters. The molecule has 2 nitrogen and oxygen atoms in total. The molecule has 1 aromatic carbocycles. The van der Waals surface area contributed by atoms with E-state index in [1.54, 1.807) is 12.1 Å². The number of hydrogen-bond donors (Lipinski definition) is 1. The van der Waals surface area contributed by atoms with Crippen LogP contribution in [0.15, 0.2) is 12.1 Å². The Bertz CT molecular complexity index is 271. The van der Waals surface area contributed by atoms with Gasteiger partial charge >= 0.3 is 0 Å². The summed E-state index contributed by atoms with van der Waals surface area (Å²) in [6, 6.07) is 3.18. The smallest absolute Gasteiger partial charge is 0.176 e. The molecule has 0 bridgehead atoms. The van der Waals surface area contributed by atoms with E-state index in [1.807, 2.05) is 0 Å². The Labute approximate surface area is 70.4 Å². The van der Waals surface area contributed by atoms with Crippen LogP contribution in [0.25, 0.3) is 0 Å². The number of phenols is 1. The van der Waals surface area contributed by atoms with Gasteiger partial charge < -0.3 is 9.84 Å². The minimum absolute atomic E-state index is 0.0402. The molecule has 0 aromatic heterocycles. The third-order valence-electron chi connectivity index (χ3n) is 1.31. The van der Waals surface area contributed by atoms with E-state index in [1.165, 1.54) is 7.11 Å². The van der Waals surface area contributed by atoms with E-state index in [4.69, 9.17) is 16.3 Å². The quantitative estimate of drug-likeness (QED) is 0.702. The fourth-order valence-electron chi connectivity index (χ4n) is 0.783. The van der Waals surface area contributed by atoms with Gasteiger partial charge in [-0.2, -0.15) is 0 Å². The van der Waals surface area contributed by atoms with Crippen molar-refractivity contribution < 1.29 is 9.84 Å². The number of ether oxygens (including phenoxy) is 1. The molecule has 0 amide bonds. The molecule has 59 valence electrons. The molecule has 1 radical (unpaired) electrons. The Morgan fingerprint density at radius 1 is 1.55 bits per heavy atom. The van der Waals surface area contributed by atoms with Gasteiger partial charge in [0.05, 0.1) is 12.1 Å². The van der Waals surface area contributed by atoms with Gasteiger partial charge in [0.15, 0.2) is 11.5 Å². The van der Waals surface area contributed by atoms with Gasteiger partial charge in [0.1, 0.15) is 0 Å². The van der Waals surface area contributed by atoms with E-state index in [-0.39, 0.29) is 10.8 Å². The van der Waals surface area contributed by atoms with Crippen molar-refractivity contribution in [2.75, 3.05) is 7.11 Å². The molecule has 0 aliphatic heterocycles. The number of phenolic OH excluding ortho intramolecular Hbond substituents is 1. The predicted molar refractivity (Wildman–Crippen MR) is 44.1 cm³/mol. The lowest BCUT2D eigenvalue weighted by atomic mass is 10.2. The highest BCUT2D eigenvalue weighted by Gasteiger charge is 2.05. The Morgan fingerprint density at radius 3 is 2.73 bits per heavy atom. The van der Waals surface area contributed by atoms with Crippen molar-refractivity contribution in [3.8, 4) is 11.5 Å². The normalized spacial score (nSPS) is 9.73. The summed E-state index contributed by atoms with van der Waals surface area (Å²) in [5, 5.41) is 9.50. The van der Waals surface area contributed by atoms with Crippen LogP contribution in [0.3, 0.4) is 0 Å². The largest absolute Gasteiger partial charge is 0.503 e. The lowest BCUT2D eigenvalue weighted by molar-refractivity contribution is 0.373.